The number of anilines is 2. The van der Waals surface area contributed by atoms with Gasteiger partial charge in [-0.3, -0.25) is 15.8 Å². The molecule has 0 saturated heterocycles. The lowest BCUT2D eigenvalue weighted by Gasteiger charge is -2.16. The third-order valence-electron chi connectivity index (χ3n) is 3.20. The molecular formula is C15H22Cl3N7O. The predicted molar refractivity (Wildman–Crippen MR) is 114 cm³/mol. The number of methoxy groups -OCH3 is 1. The van der Waals surface area contributed by atoms with Crippen LogP contribution >= 0.6 is 37.2 Å². The lowest BCUT2D eigenvalue weighted by molar-refractivity contribution is 0.414. The number of hydrogen-bond donors (Lipinski definition) is 6. The van der Waals surface area contributed by atoms with E-state index in [1.807, 2.05) is 13.0 Å². The van der Waals surface area contributed by atoms with Gasteiger partial charge < -0.3 is 26.8 Å². The van der Waals surface area contributed by atoms with Gasteiger partial charge in [0.15, 0.2) is 11.9 Å². The lowest BCUT2D eigenvalue weighted by atomic mass is 10.0. The van der Waals surface area contributed by atoms with Crippen LogP contribution in [0.15, 0.2) is 30.5 Å². The van der Waals surface area contributed by atoms with Gasteiger partial charge in [0.1, 0.15) is 5.75 Å². The van der Waals surface area contributed by atoms with Crippen molar-refractivity contribution in [2.45, 2.75) is 6.92 Å². The minimum atomic E-state index is -0.188. The molecule has 0 atom stereocenters. The van der Waals surface area contributed by atoms with Crippen molar-refractivity contribution in [3.8, 4) is 17.0 Å². The maximum absolute atomic E-state index is 7.42. The van der Waals surface area contributed by atoms with Gasteiger partial charge in [-0.1, -0.05) is 0 Å². The maximum atomic E-state index is 7.42. The van der Waals surface area contributed by atoms with Gasteiger partial charge in [0.05, 0.1) is 12.8 Å². The summed E-state index contributed by atoms with van der Waals surface area (Å²) in [6, 6.07) is 7.11. The highest BCUT2D eigenvalue weighted by Gasteiger charge is 2.12. The number of hydrogen-bond acceptors (Lipinski definition) is 4. The molecule has 0 aliphatic rings. The molecule has 2 rings (SSSR count). The molecule has 0 fully saturated rings. The minimum Gasteiger partial charge on any atom is -0.497 e. The molecule has 11 heteroatoms. The Morgan fingerprint density at radius 1 is 1.04 bits per heavy atom. The van der Waals surface area contributed by atoms with E-state index in [2.05, 4.69) is 15.6 Å². The second-order valence-corrected chi connectivity index (χ2v) is 4.85. The summed E-state index contributed by atoms with van der Waals surface area (Å²) < 4.78 is 5.23. The number of rotatable bonds is 4. The van der Waals surface area contributed by atoms with Crippen LogP contribution in [0.4, 0.5) is 11.4 Å². The number of pyridine rings is 1. The Labute approximate surface area is 170 Å². The van der Waals surface area contributed by atoms with E-state index in [0.717, 1.165) is 11.1 Å². The fourth-order valence-electron chi connectivity index (χ4n) is 2.17. The largest absolute Gasteiger partial charge is 0.497 e. The smallest absolute Gasteiger partial charge is 0.190 e. The van der Waals surface area contributed by atoms with E-state index >= 15 is 0 Å². The van der Waals surface area contributed by atoms with Crippen LogP contribution in [0, 0.1) is 17.7 Å². The standard InChI is InChI=1S/C15H19N7O.3ClH/c1-8-11(13-7-10(23-2)3-4-20-13)5-9(21-14(16)17)6-12(8)22-15(18)19;;;/h3-7H,1-2H3,(H4,16,17,21)(H4,18,19,22);3*1H. The number of nitrogens with one attached hydrogen (secondary N) is 4. The normalized spacial score (nSPS) is 8.85. The fraction of sp³-hybridized carbons (Fsp3) is 0.133. The zero-order valence-corrected chi connectivity index (χ0v) is 16.6. The first-order chi connectivity index (χ1) is 10.9. The van der Waals surface area contributed by atoms with Gasteiger partial charge in [0.2, 0.25) is 0 Å². The highest BCUT2D eigenvalue weighted by molar-refractivity contribution is 5.96. The Balaban J connectivity index is 0. The van der Waals surface area contributed by atoms with Gasteiger partial charge in [-0.2, -0.15) is 0 Å². The molecule has 0 bridgehead atoms. The Morgan fingerprint density at radius 3 is 2.19 bits per heavy atom. The molecule has 1 aromatic carbocycles. The molecule has 2 aromatic rings. The molecule has 0 amide bonds. The predicted octanol–water partition coefficient (Wildman–Crippen LogP) is 2.94. The first kappa shape index (κ1) is 25.8. The van der Waals surface area contributed by atoms with Gasteiger partial charge in [0, 0.05) is 29.2 Å². The molecule has 0 aliphatic carbocycles. The number of guanidine groups is 2. The van der Waals surface area contributed by atoms with Gasteiger partial charge in [-0.05, 0) is 30.7 Å². The molecule has 0 spiro atoms. The number of benzene rings is 1. The van der Waals surface area contributed by atoms with Crippen molar-refractivity contribution in [2.75, 3.05) is 17.7 Å². The SMILES string of the molecule is COc1ccnc(-c2cc(NC(=N)N)cc(NC(=N)N)c2C)c1.Cl.Cl.Cl. The second-order valence-electron chi connectivity index (χ2n) is 4.85. The van der Waals surface area contributed by atoms with Crippen molar-refractivity contribution in [1.82, 2.24) is 4.98 Å². The summed E-state index contributed by atoms with van der Waals surface area (Å²) in [7, 11) is 1.59. The first-order valence-electron chi connectivity index (χ1n) is 6.78. The quantitative estimate of drug-likeness (QED) is 0.330. The Morgan fingerprint density at radius 2 is 1.65 bits per heavy atom. The first-order valence-corrected chi connectivity index (χ1v) is 6.78. The lowest BCUT2D eigenvalue weighted by Crippen LogP contribution is -2.23. The van der Waals surface area contributed by atoms with Gasteiger partial charge in [0.25, 0.3) is 0 Å². The molecule has 0 saturated carbocycles. The summed E-state index contributed by atoms with van der Waals surface area (Å²) in [5, 5.41) is 20.3. The van der Waals surface area contributed by atoms with Gasteiger partial charge >= 0.3 is 0 Å². The van der Waals surface area contributed by atoms with Crippen LogP contribution in [0.2, 0.25) is 0 Å². The maximum Gasteiger partial charge on any atom is 0.190 e. The highest BCUT2D eigenvalue weighted by Crippen LogP contribution is 2.32. The van der Waals surface area contributed by atoms with Crippen LogP contribution in [0.3, 0.4) is 0 Å². The number of nitrogens with two attached hydrogens (primary N) is 2. The molecule has 0 radical (unpaired) electrons. The fourth-order valence-corrected chi connectivity index (χ4v) is 2.17. The van der Waals surface area contributed by atoms with E-state index < -0.39 is 0 Å². The van der Waals surface area contributed by atoms with E-state index in [9.17, 15) is 0 Å². The molecule has 1 aromatic heterocycles. The van der Waals surface area contributed by atoms with Crippen molar-refractivity contribution in [1.29, 1.82) is 10.8 Å². The number of ether oxygens (including phenoxy) is 1. The summed E-state index contributed by atoms with van der Waals surface area (Å²) in [5.41, 5.74) is 14.4. The minimum absolute atomic E-state index is 0. The Bertz CT molecular complexity index is 771. The van der Waals surface area contributed by atoms with Crippen LogP contribution in [0.5, 0.6) is 5.75 Å². The van der Waals surface area contributed by atoms with Crippen molar-refractivity contribution >= 4 is 60.5 Å². The zero-order valence-electron chi connectivity index (χ0n) is 14.1. The van der Waals surface area contributed by atoms with Crippen LogP contribution in [-0.2, 0) is 0 Å². The molecule has 0 unspecified atom stereocenters. The molecule has 0 aliphatic heterocycles. The van der Waals surface area contributed by atoms with Crippen LogP contribution < -0.4 is 26.8 Å². The molecule has 144 valence electrons. The monoisotopic (exact) mass is 421 g/mol. The van der Waals surface area contributed by atoms with Crippen LogP contribution in [0.1, 0.15) is 5.56 Å². The average Bonchev–Trinajstić information content (AvgIpc) is 2.49. The van der Waals surface area contributed by atoms with Gasteiger partial charge in [-0.25, -0.2) is 0 Å². The van der Waals surface area contributed by atoms with Crippen molar-refractivity contribution in [2.24, 2.45) is 11.5 Å². The van der Waals surface area contributed by atoms with E-state index in [0.29, 0.717) is 22.8 Å². The number of halogens is 3. The summed E-state index contributed by atoms with van der Waals surface area (Å²) in [6.45, 7) is 1.89. The topological polar surface area (TPSA) is 146 Å². The van der Waals surface area contributed by atoms with E-state index in [4.69, 9.17) is 27.0 Å². The van der Waals surface area contributed by atoms with E-state index in [1.165, 1.54) is 0 Å². The third-order valence-corrected chi connectivity index (χ3v) is 3.20. The van der Waals surface area contributed by atoms with Crippen molar-refractivity contribution in [3.05, 3.63) is 36.0 Å². The molecule has 8 nitrogen and oxygen atoms in total. The summed E-state index contributed by atoms with van der Waals surface area (Å²) in [5.74, 6) is 0.310. The molecular weight excluding hydrogens is 401 g/mol. The van der Waals surface area contributed by atoms with E-state index in [-0.39, 0.29) is 49.1 Å². The second kappa shape index (κ2) is 11.2. The number of aromatic nitrogens is 1. The van der Waals surface area contributed by atoms with Crippen molar-refractivity contribution in [3.63, 3.8) is 0 Å². The Hall–Kier alpha value is -2.42. The molecule has 8 N–H and O–H groups in total. The summed E-state index contributed by atoms with van der Waals surface area (Å²) in [6.07, 6.45) is 1.65. The van der Waals surface area contributed by atoms with Crippen LogP contribution in [-0.4, -0.2) is 24.0 Å². The number of nitrogens with zero attached hydrogens (tertiary/aromatic N) is 1. The zero-order chi connectivity index (χ0) is 17.0. The highest BCUT2D eigenvalue weighted by atomic mass is 35.5. The molecule has 26 heavy (non-hydrogen) atoms. The van der Waals surface area contributed by atoms with E-state index in [1.54, 1.807) is 31.5 Å². The third kappa shape index (κ3) is 6.47. The van der Waals surface area contributed by atoms with Crippen molar-refractivity contribution < 1.29 is 4.74 Å². The van der Waals surface area contributed by atoms with Gasteiger partial charge in [-0.15, -0.1) is 37.2 Å². The Kier molecular flexibility index (Phi) is 11.2. The average molecular weight is 423 g/mol. The molecule has 1 heterocycles. The van der Waals surface area contributed by atoms with Crippen LogP contribution in [0.25, 0.3) is 11.3 Å². The summed E-state index contributed by atoms with van der Waals surface area (Å²) in [4.78, 5) is 4.35. The summed E-state index contributed by atoms with van der Waals surface area (Å²) >= 11 is 0.